The van der Waals surface area contributed by atoms with E-state index in [1.807, 2.05) is 7.05 Å². The van der Waals surface area contributed by atoms with E-state index in [-0.39, 0.29) is 37.1 Å². The van der Waals surface area contributed by atoms with Gasteiger partial charge in [0.05, 0.1) is 12.1 Å². The molecule has 5 heteroatoms. The van der Waals surface area contributed by atoms with Crippen LogP contribution in [0.2, 0.25) is 0 Å². The van der Waals surface area contributed by atoms with Crippen molar-refractivity contribution in [2.75, 3.05) is 26.7 Å². The SMILES string of the molecule is CN1C(=O)CO[C@H]2CNC[C@@H]21.Cl. The number of hydrogen-bond donors (Lipinski definition) is 1. The molecule has 0 radical (unpaired) electrons. The zero-order valence-corrected chi connectivity index (χ0v) is 7.76. The fraction of sp³-hybridized carbons (Fsp3) is 0.857. The summed E-state index contributed by atoms with van der Waals surface area (Å²) in [6, 6.07) is 0.260. The second kappa shape index (κ2) is 3.60. The molecule has 2 rings (SSSR count). The van der Waals surface area contributed by atoms with Crippen LogP contribution in [0.25, 0.3) is 0 Å². The van der Waals surface area contributed by atoms with Crippen molar-refractivity contribution in [3.63, 3.8) is 0 Å². The van der Waals surface area contributed by atoms with E-state index in [1.54, 1.807) is 4.90 Å². The summed E-state index contributed by atoms with van der Waals surface area (Å²) in [6.07, 6.45) is 0.220. The monoisotopic (exact) mass is 192 g/mol. The molecule has 2 fully saturated rings. The van der Waals surface area contributed by atoms with E-state index in [0.717, 1.165) is 13.1 Å². The van der Waals surface area contributed by atoms with Crippen LogP contribution in [-0.2, 0) is 9.53 Å². The first kappa shape index (κ1) is 9.77. The van der Waals surface area contributed by atoms with Crippen LogP contribution in [0, 0.1) is 0 Å². The highest BCUT2D eigenvalue weighted by molar-refractivity contribution is 5.85. The number of carbonyl (C=O) groups excluding carboxylic acids is 1. The predicted octanol–water partition coefficient (Wildman–Crippen LogP) is -0.763. The lowest BCUT2D eigenvalue weighted by atomic mass is 10.1. The molecule has 70 valence electrons. The lowest BCUT2D eigenvalue weighted by molar-refractivity contribution is -0.150. The second-order valence-electron chi connectivity index (χ2n) is 3.08. The molecule has 2 aliphatic rings. The zero-order chi connectivity index (χ0) is 7.84. The van der Waals surface area contributed by atoms with Crippen molar-refractivity contribution in [3.05, 3.63) is 0 Å². The number of amides is 1. The van der Waals surface area contributed by atoms with Gasteiger partial charge >= 0.3 is 0 Å². The molecule has 0 spiro atoms. The van der Waals surface area contributed by atoms with E-state index in [1.165, 1.54) is 0 Å². The van der Waals surface area contributed by atoms with Crippen LogP contribution in [0.5, 0.6) is 0 Å². The van der Waals surface area contributed by atoms with Gasteiger partial charge in [-0.2, -0.15) is 0 Å². The molecule has 0 aromatic heterocycles. The third-order valence-corrected chi connectivity index (χ3v) is 2.44. The average Bonchev–Trinajstić information content (AvgIpc) is 2.45. The third-order valence-electron chi connectivity index (χ3n) is 2.44. The Morgan fingerprint density at radius 1 is 1.58 bits per heavy atom. The summed E-state index contributed by atoms with van der Waals surface area (Å²) in [5.41, 5.74) is 0. The Morgan fingerprint density at radius 3 is 3.08 bits per heavy atom. The maximum absolute atomic E-state index is 11.1. The molecule has 0 bridgehead atoms. The molecule has 12 heavy (non-hydrogen) atoms. The standard InChI is InChI=1S/C7H12N2O2.ClH/c1-9-5-2-8-3-6(5)11-4-7(9)10;/h5-6,8H,2-4H2,1H3;1H/t5-,6-;/m0./s1. The van der Waals surface area contributed by atoms with Crippen molar-refractivity contribution < 1.29 is 9.53 Å². The van der Waals surface area contributed by atoms with Crippen LogP contribution in [0.1, 0.15) is 0 Å². The summed E-state index contributed by atoms with van der Waals surface area (Å²) < 4.78 is 5.33. The number of fused-ring (bicyclic) bond motifs is 1. The summed E-state index contributed by atoms with van der Waals surface area (Å²) in [7, 11) is 1.84. The normalized spacial score (nSPS) is 34.4. The molecule has 2 aliphatic heterocycles. The summed E-state index contributed by atoms with van der Waals surface area (Å²) in [5, 5.41) is 3.20. The van der Waals surface area contributed by atoms with Crippen molar-refractivity contribution in [3.8, 4) is 0 Å². The molecule has 1 N–H and O–H groups in total. The van der Waals surface area contributed by atoms with Gasteiger partial charge < -0.3 is 15.0 Å². The van der Waals surface area contributed by atoms with Gasteiger partial charge in [-0.15, -0.1) is 12.4 Å². The highest BCUT2D eigenvalue weighted by atomic mass is 35.5. The van der Waals surface area contributed by atoms with Gasteiger partial charge in [-0.25, -0.2) is 0 Å². The Bertz CT molecular complexity index is 188. The van der Waals surface area contributed by atoms with Crippen LogP contribution in [-0.4, -0.2) is 49.7 Å². The number of rotatable bonds is 0. The molecular formula is C7H13ClN2O2. The fourth-order valence-electron chi connectivity index (χ4n) is 1.66. The second-order valence-corrected chi connectivity index (χ2v) is 3.08. The van der Waals surface area contributed by atoms with Crippen LogP contribution in [0.4, 0.5) is 0 Å². The van der Waals surface area contributed by atoms with E-state index in [9.17, 15) is 4.79 Å². The number of nitrogens with zero attached hydrogens (tertiary/aromatic N) is 1. The van der Waals surface area contributed by atoms with Gasteiger partial charge in [-0.3, -0.25) is 4.79 Å². The Balaban J connectivity index is 0.000000720. The lowest BCUT2D eigenvalue weighted by Crippen LogP contribution is -2.51. The van der Waals surface area contributed by atoms with Gasteiger partial charge in [-0.1, -0.05) is 0 Å². The number of halogens is 1. The van der Waals surface area contributed by atoms with Crippen molar-refractivity contribution in [2.24, 2.45) is 0 Å². The molecule has 4 nitrogen and oxygen atoms in total. The van der Waals surface area contributed by atoms with E-state index in [0.29, 0.717) is 0 Å². The number of carbonyl (C=O) groups is 1. The predicted molar refractivity (Wildman–Crippen MR) is 46.4 cm³/mol. The van der Waals surface area contributed by atoms with E-state index < -0.39 is 0 Å². The molecule has 0 aromatic rings. The molecule has 0 aliphatic carbocycles. The van der Waals surface area contributed by atoms with Crippen LogP contribution in [0.3, 0.4) is 0 Å². The minimum atomic E-state index is 0. The van der Waals surface area contributed by atoms with E-state index >= 15 is 0 Å². The van der Waals surface area contributed by atoms with Gasteiger partial charge in [-0.05, 0) is 0 Å². The number of nitrogens with one attached hydrogen (secondary N) is 1. The third kappa shape index (κ3) is 1.42. The van der Waals surface area contributed by atoms with Crippen molar-refractivity contribution in [1.82, 2.24) is 10.2 Å². The minimum Gasteiger partial charge on any atom is -0.365 e. The molecule has 1 amide bonds. The van der Waals surface area contributed by atoms with Crippen molar-refractivity contribution >= 4 is 18.3 Å². The smallest absolute Gasteiger partial charge is 0.248 e. The highest BCUT2D eigenvalue weighted by Crippen LogP contribution is 2.15. The molecule has 0 unspecified atom stereocenters. The Labute approximate surface area is 77.7 Å². The Kier molecular flexibility index (Phi) is 2.93. The van der Waals surface area contributed by atoms with Crippen molar-refractivity contribution in [1.29, 1.82) is 0 Å². The molecule has 2 saturated heterocycles. The van der Waals surface area contributed by atoms with Gasteiger partial charge in [0.2, 0.25) is 5.91 Å². The van der Waals surface area contributed by atoms with E-state index in [2.05, 4.69) is 5.32 Å². The first-order valence-electron chi connectivity index (χ1n) is 3.87. The van der Waals surface area contributed by atoms with Crippen LogP contribution < -0.4 is 5.32 Å². The summed E-state index contributed by atoms with van der Waals surface area (Å²) in [6.45, 7) is 1.99. The highest BCUT2D eigenvalue weighted by Gasteiger charge is 2.37. The van der Waals surface area contributed by atoms with E-state index in [4.69, 9.17) is 4.74 Å². The molecule has 0 saturated carbocycles. The zero-order valence-electron chi connectivity index (χ0n) is 6.95. The van der Waals surface area contributed by atoms with Gasteiger partial charge in [0.1, 0.15) is 6.61 Å². The minimum absolute atomic E-state index is 0. The van der Waals surface area contributed by atoms with Crippen molar-refractivity contribution in [2.45, 2.75) is 12.1 Å². The maximum atomic E-state index is 11.1. The number of hydrogen-bond acceptors (Lipinski definition) is 3. The van der Waals surface area contributed by atoms with Crippen LogP contribution >= 0.6 is 12.4 Å². The quantitative estimate of drug-likeness (QED) is 0.549. The van der Waals surface area contributed by atoms with Gasteiger partial charge in [0.15, 0.2) is 0 Å². The first-order valence-corrected chi connectivity index (χ1v) is 3.87. The Hall–Kier alpha value is -0.320. The fourth-order valence-corrected chi connectivity index (χ4v) is 1.66. The largest absolute Gasteiger partial charge is 0.365 e. The summed E-state index contributed by atoms with van der Waals surface area (Å²) >= 11 is 0. The lowest BCUT2D eigenvalue weighted by Gasteiger charge is -2.33. The molecular weight excluding hydrogens is 180 g/mol. The van der Waals surface area contributed by atoms with Gasteiger partial charge in [0, 0.05) is 20.1 Å². The average molecular weight is 193 g/mol. The van der Waals surface area contributed by atoms with Gasteiger partial charge in [0.25, 0.3) is 0 Å². The first-order chi connectivity index (χ1) is 5.29. The summed E-state index contributed by atoms with van der Waals surface area (Å²) in [5.74, 6) is 0.0925. The topological polar surface area (TPSA) is 41.6 Å². The molecule has 2 atom stereocenters. The number of ether oxygens (including phenoxy) is 1. The summed E-state index contributed by atoms with van der Waals surface area (Å²) in [4.78, 5) is 12.9. The number of morpholine rings is 1. The number of likely N-dealkylation sites (N-methyl/N-ethyl adjacent to an activating group) is 1. The Morgan fingerprint density at radius 2 is 2.33 bits per heavy atom. The molecule has 0 aromatic carbocycles. The molecule has 2 heterocycles. The van der Waals surface area contributed by atoms with Crippen LogP contribution in [0.15, 0.2) is 0 Å². The maximum Gasteiger partial charge on any atom is 0.248 e.